The normalized spacial score (nSPS) is 13.3. The van der Waals surface area contributed by atoms with Crippen molar-refractivity contribution in [2.75, 3.05) is 0 Å². The molecule has 1 atom stereocenters. The van der Waals surface area contributed by atoms with E-state index < -0.39 is 11.2 Å². The lowest BCUT2D eigenvalue weighted by Crippen LogP contribution is -2.28. The highest BCUT2D eigenvalue weighted by Gasteiger charge is 2.31. The van der Waals surface area contributed by atoms with Crippen molar-refractivity contribution in [3.05, 3.63) is 22.1 Å². The number of hydrogen-bond donors (Lipinski definition) is 0. The van der Waals surface area contributed by atoms with Crippen molar-refractivity contribution in [1.82, 2.24) is 0 Å². The molecule has 0 radical (unpaired) electrons. The molecule has 5 heteroatoms. The van der Waals surface area contributed by atoms with Crippen LogP contribution in [0.3, 0.4) is 0 Å². The van der Waals surface area contributed by atoms with Gasteiger partial charge in [0.2, 0.25) is 0 Å². The Morgan fingerprint density at radius 3 is 2.47 bits per heavy atom. The molecule has 0 amide bonds. The highest BCUT2D eigenvalue weighted by molar-refractivity contribution is 5.75. The Bertz CT molecular complexity index is 480. The van der Waals surface area contributed by atoms with Gasteiger partial charge < -0.3 is 13.6 Å². The first-order chi connectivity index (χ1) is 8.76. The molecular weight excluding hydrogens is 248 g/mol. The molecule has 1 rings (SSSR count). The number of carbonyl (C=O) groups is 1. The van der Waals surface area contributed by atoms with Crippen LogP contribution in [0.1, 0.15) is 52.1 Å². The van der Waals surface area contributed by atoms with Crippen LogP contribution in [0.4, 0.5) is 0 Å². The van der Waals surface area contributed by atoms with Gasteiger partial charge in [0.1, 0.15) is 0 Å². The lowest BCUT2D eigenvalue weighted by Gasteiger charge is -2.25. The molecule has 1 aromatic heterocycles. The Hall–Kier alpha value is -1.52. The Morgan fingerprint density at radius 2 is 2.00 bits per heavy atom. The molecule has 0 saturated carbocycles. The molecule has 0 N–H and O–H groups in total. The topological polar surface area (TPSA) is 69.7 Å². The van der Waals surface area contributed by atoms with E-state index in [-0.39, 0.29) is 18.3 Å². The molecule has 0 aliphatic carbocycles. The van der Waals surface area contributed by atoms with E-state index in [0.29, 0.717) is 11.7 Å². The zero-order valence-electron chi connectivity index (χ0n) is 12.2. The quantitative estimate of drug-likeness (QED) is 0.743. The lowest BCUT2D eigenvalue weighted by atomic mass is 9.82. The summed E-state index contributed by atoms with van der Waals surface area (Å²) in [6.45, 7) is 9.45. The van der Waals surface area contributed by atoms with Crippen LogP contribution < -0.4 is 5.82 Å². The molecule has 0 aromatic carbocycles. The maximum Gasteiger partial charge on any atom is 0.519 e. The molecule has 0 bridgehead atoms. The predicted octanol–water partition coefficient (Wildman–Crippen LogP) is 3.05. The molecule has 0 aliphatic heterocycles. The minimum absolute atomic E-state index is 0.0691. The summed E-state index contributed by atoms with van der Waals surface area (Å²) in [5.41, 5.74) is -0.548. The Kier molecular flexibility index (Phi) is 4.97. The number of carbonyl (C=O) groups excluding carboxylic acids is 1. The van der Waals surface area contributed by atoms with Crippen molar-refractivity contribution in [3.8, 4) is 0 Å². The SMILES string of the molecule is CCC(C)CC(C)(C)C(=O)OCc1oc(=O)oc1C. The summed E-state index contributed by atoms with van der Waals surface area (Å²) < 4.78 is 14.7. The molecule has 1 aromatic rings. The third-order valence-electron chi connectivity index (χ3n) is 3.28. The summed E-state index contributed by atoms with van der Waals surface area (Å²) in [6, 6.07) is 0. The fourth-order valence-electron chi connectivity index (χ4n) is 1.93. The van der Waals surface area contributed by atoms with E-state index in [0.717, 1.165) is 12.8 Å². The second-order valence-corrected chi connectivity index (χ2v) is 5.61. The van der Waals surface area contributed by atoms with Gasteiger partial charge in [-0.3, -0.25) is 4.79 Å². The highest BCUT2D eigenvalue weighted by Crippen LogP contribution is 2.28. The maximum atomic E-state index is 12.0. The fourth-order valence-corrected chi connectivity index (χ4v) is 1.93. The molecule has 19 heavy (non-hydrogen) atoms. The summed E-state index contributed by atoms with van der Waals surface area (Å²) in [6.07, 6.45) is 1.78. The largest absolute Gasteiger partial charge is 0.519 e. The van der Waals surface area contributed by atoms with E-state index in [1.807, 2.05) is 13.8 Å². The van der Waals surface area contributed by atoms with Gasteiger partial charge >= 0.3 is 11.8 Å². The molecule has 108 valence electrons. The zero-order chi connectivity index (χ0) is 14.6. The van der Waals surface area contributed by atoms with E-state index in [1.54, 1.807) is 6.92 Å². The standard InChI is InChI=1S/C14H22O5/c1-6-9(2)7-14(4,5)12(15)17-8-11-10(3)18-13(16)19-11/h9H,6-8H2,1-5H3. The smallest absolute Gasteiger partial charge is 0.457 e. The highest BCUT2D eigenvalue weighted by atomic mass is 16.6. The van der Waals surface area contributed by atoms with Gasteiger partial charge in [-0.05, 0) is 33.1 Å². The summed E-state index contributed by atoms with van der Waals surface area (Å²) in [5.74, 6) is -0.00942. The number of hydrogen-bond acceptors (Lipinski definition) is 5. The maximum absolute atomic E-state index is 12.0. The molecule has 1 unspecified atom stereocenters. The van der Waals surface area contributed by atoms with Crippen LogP contribution in [-0.2, 0) is 16.1 Å². The first-order valence-corrected chi connectivity index (χ1v) is 6.53. The Morgan fingerprint density at radius 1 is 1.37 bits per heavy atom. The zero-order valence-corrected chi connectivity index (χ0v) is 12.2. The van der Waals surface area contributed by atoms with Crippen LogP contribution in [0.25, 0.3) is 0 Å². The Balaban J connectivity index is 2.59. The molecule has 0 aliphatic rings. The lowest BCUT2D eigenvalue weighted by molar-refractivity contribution is -0.157. The summed E-state index contributed by atoms with van der Waals surface area (Å²) in [5, 5.41) is 0. The number of rotatable bonds is 6. The van der Waals surface area contributed by atoms with Gasteiger partial charge in [0.05, 0.1) is 5.41 Å². The van der Waals surface area contributed by atoms with Crippen molar-refractivity contribution in [2.45, 2.75) is 54.1 Å². The second-order valence-electron chi connectivity index (χ2n) is 5.61. The molecule has 5 nitrogen and oxygen atoms in total. The minimum atomic E-state index is -0.776. The predicted molar refractivity (Wildman–Crippen MR) is 69.6 cm³/mol. The van der Waals surface area contributed by atoms with Crippen LogP contribution in [0.5, 0.6) is 0 Å². The fraction of sp³-hybridized carbons (Fsp3) is 0.714. The van der Waals surface area contributed by atoms with Crippen molar-refractivity contribution in [3.63, 3.8) is 0 Å². The van der Waals surface area contributed by atoms with Gasteiger partial charge in [-0.2, -0.15) is 0 Å². The van der Waals surface area contributed by atoms with Crippen LogP contribution in [0, 0.1) is 18.3 Å². The molecular formula is C14H22O5. The first-order valence-electron chi connectivity index (χ1n) is 6.53. The van der Waals surface area contributed by atoms with Gasteiger partial charge in [0.25, 0.3) is 0 Å². The van der Waals surface area contributed by atoms with Gasteiger partial charge in [-0.25, -0.2) is 4.79 Å². The molecule has 0 saturated heterocycles. The number of esters is 1. The van der Waals surface area contributed by atoms with Gasteiger partial charge in [0.15, 0.2) is 18.1 Å². The van der Waals surface area contributed by atoms with Crippen molar-refractivity contribution >= 4 is 5.97 Å². The number of aryl methyl sites for hydroxylation is 1. The summed E-state index contributed by atoms with van der Waals surface area (Å²) in [4.78, 5) is 22.9. The third kappa shape index (κ3) is 4.26. The summed E-state index contributed by atoms with van der Waals surface area (Å²) in [7, 11) is 0. The van der Waals surface area contributed by atoms with Crippen molar-refractivity contribution in [2.24, 2.45) is 11.3 Å². The average Bonchev–Trinajstić information content (AvgIpc) is 2.63. The average molecular weight is 270 g/mol. The van der Waals surface area contributed by atoms with E-state index in [4.69, 9.17) is 13.6 Å². The van der Waals surface area contributed by atoms with E-state index in [2.05, 4.69) is 13.8 Å². The minimum Gasteiger partial charge on any atom is -0.457 e. The summed E-state index contributed by atoms with van der Waals surface area (Å²) >= 11 is 0. The molecule has 1 heterocycles. The first kappa shape index (κ1) is 15.5. The number of ether oxygens (including phenoxy) is 1. The van der Waals surface area contributed by atoms with Crippen LogP contribution in [-0.4, -0.2) is 5.97 Å². The van der Waals surface area contributed by atoms with Gasteiger partial charge in [-0.15, -0.1) is 0 Å². The third-order valence-corrected chi connectivity index (χ3v) is 3.28. The van der Waals surface area contributed by atoms with Gasteiger partial charge in [-0.1, -0.05) is 20.3 Å². The van der Waals surface area contributed by atoms with E-state index >= 15 is 0 Å². The van der Waals surface area contributed by atoms with E-state index in [9.17, 15) is 9.59 Å². The van der Waals surface area contributed by atoms with Crippen molar-refractivity contribution < 1.29 is 18.4 Å². The van der Waals surface area contributed by atoms with Crippen LogP contribution >= 0.6 is 0 Å². The van der Waals surface area contributed by atoms with Crippen molar-refractivity contribution in [1.29, 1.82) is 0 Å². The van der Waals surface area contributed by atoms with Gasteiger partial charge in [0, 0.05) is 0 Å². The molecule has 0 fully saturated rings. The second kappa shape index (κ2) is 6.08. The van der Waals surface area contributed by atoms with Crippen LogP contribution in [0.15, 0.2) is 13.6 Å². The molecule has 0 spiro atoms. The van der Waals surface area contributed by atoms with Crippen LogP contribution in [0.2, 0.25) is 0 Å². The monoisotopic (exact) mass is 270 g/mol. The Labute approximate surface area is 112 Å². The van der Waals surface area contributed by atoms with E-state index in [1.165, 1.54) is 0 Å².